The van der Waals surface area contributed by atoms with Crippen LogP contribution in [0.15, 0.2) is 47.3 Å². The van der Waals surface area contributed by atoms with Crippen molar-refractivity contribution in [3.8, 4) is 22.4 Å². The van der Waals surface area contributed by atoms with Gasteiger partial charge in [0, 0.05) is 31.7 Å². The molecular weight excluding hydrogens is 433 g/mol. The number of aliphatic hydroxyl groups is 1. The Morgan fingerprint density at radius 3 is 2.35 bits per heavy atom. The van der Waals surface area contributed by atoms with Gasteiger partial charge in [-0.1, -0.05) is 36.4 Å². The Hall–Kier alpha value is -3.54. The highest BCUT2D eigenvalue weighted by molar-refractivity contribution is 5.81. The molecule has 1 aliphatic rings. The third-order valence-electron chi connectivity index (χ3n) is 6.51. The van der Waals surface area contributed by atoms with Crippen LogP contribution in [-0.4, -0.2) is 52.8 Å². The van der Waals surface area contributed by atoms with Crippen LogP contribution in [0, 0.1) is 12.4 Å². The zero-order valence-electron chi connectivity index (χ0n) is 19.6. The van der Waals surface area contributed by atoms with Gasteiger partial charge in [0.15, 0.2) is 0 Å². The van der Waals surface area contributed by atoms with Crippen LogP contribution in [0.3, 0.4) is 0 Å². The molecule has 176 valence electrons. The van der Waals surface area contributed by atoms with Gasteiger partial charge in [0.25, 0.3) is 5.56 Å². The van der Waals surface area contributed by atoms with Crippen LogP contribution >= 0.6 is 0 Å². The number of hydrogen-bond acceptors (Lipinski definition) is 5. The summed E-state index contributed by atoms with van der Waals surface area (Å²) in [5.41, 5.74) is 2.21. The van der Waals surface area contributed by atoms with Crippen molar-refractivity contribution in [3.63, 3.8) is 0 Å². The Morgan fingerprint density at radius 2 is 1.79 bits per heavy atom. The zero-order valence-corrected chi connectivity index (χ0v) is 19.6. The molecule has 0 aliphatic carbocycles. The van der Waals surface area contributed by atoms with Gasteiger partial charge in [0.1, 0.15) is 5.82 Å². The first kappa shape index (κ1) is 23.6. The SMILES string of the molecule is [C-]#[N+]c1ccc(-c2nc(N3CCC(N(C)C)CC3)n(C)c(=O)c2-c2ccc(CO)cc2)cc1F. The van der Waals surface area contributed by atoms with E-state index in [0.717, 1.165) is 31.5 Å². The Labute approximate surface area is 198 Å². The number of halogens is 1. The third kappa shape index (κ3) is 4.45. The minimum atomic E-state index is -0.648. The van der Waals surface area contributed by atoms with E-state index in [-0.39, 0.29) is 17.9 Å². The molecular formula is C26H28FN5O2. The van der Waals surface area contributed by atoms with Gasteiger partial charge >= 0.3 is 0 Å². The molecule has 0 bridgehead atoms. The molecule has 8 heteroatoms. The largest absolute Gasteiger partial charge is 0.392 e. The first-order valence-corrected chi connectivity index (χ1v) is 11.2. The number of benzene rings is 2. The van der Waals surface area contributed by atoms with Crippen LogP contribution in [0.4, 0.5) is 16.0 Å². The van der Waals surface area contributed by atoms with Gasteiger partial charge in [-0.15, -0.1) is 0 Å². The summed E-state index contributed by atoms with van der Waals surface area (Å²) in [4.78, 5) is 26.1. The molecule has 0 amide bonds. The van der Waals surface area contributed by atoms with Crippen LogP contribution in [0.25, 0.3) is 27.2 Å². The van der Waals surface area contributed by atoms with Crippen molar-refractivity contribution in [2.24, 2.45) is 7.05 Å². The topological polar surface area (TPSA) is 66.0 Å². The second-order valence-corrected chi connectivity index (χ2v) is 8.81. The number of piperidine rings is 1. The van der Waals surface area contributed by atoms with Crippen molar-refractivity contribution >= 4 is 11.6 Å². The normalized spacial score (nSPS) is 14.4. The van der Waals surface area contributed by atoms with Crippen LogP contribution in [0.5, 0.6) is 0 Å². The van der Waals surface area contributed by atoms with E-state index in [4.69, 9.17) is 11.6 Å². The molecule has 1 aromatic heterocycles. The summed E-state index contributed by atoms with van der Waals surface area (Å²) in [5, 5.41) is 9.39. The van der Waals surface area contributed by atoms with Gasteiger partial charge in [-0.3, -0.25) is 9.36 Å². The number of nitrogens with zero attached hydrogens (tertiary/aromatic N) is 5. The Balaban J connectivity index is 1.88. The van der Waals surface area contributed by atoms with Gasteiger partial charge in [-0.05, 0) is 44.1 Å². The number of aromatic nitrogens is 2. The molecule has 2 heterocycles. The molecule has 0 radical (unpaired) electrons. The highest BCUT2D eigenvalue weighted by Crippen LogP contribution is 2.33. The molecule has 0 spiro atoms. The third-order valence-corrected chi connectivity index (χ3v) is 6.51. The van der Waals surface area contributed by atoms with Crippen molar-refractivity contribution in [1.29, 1.82) is 0 Å². The number of hydrogen-bond donors (Lipinski definition) is 1. The quantitative estimate of drug-likeness (QED) is 0.585. The van der Waals surface area contributed by atoms with Gasteiger partial charge in [0.2, 0.25) is 11.6 Å². The molecule has 1 N–H and O–H groups in total. The fourth-order valence-corrected chi connectivity index (χ4v) is 4.45. The van der Waals surface area contributed by atoms with Crippen LogP contribution in [0.1, 0.15) is 18.4 Å². The summed E-state index contributed by atoms with van der Waals surface area (Å²) in [5.74, 6) is -0.104. The van der Waals surface area contributed by atoms with Gasteiger partial charge in [-0.25, -0.2) is 14.2 Å². The molecule has 7 nitrogen and oxygen atoms in total. The van der Waals surface area contributed by atoms with Crippen molar-refractivity contribution in [2.45, 2.75) is 25.5 Å². The minimum absolute atomic E-state index is 0.0765. The Kier molecular flexibility index (Phi) is 6.77. The van der Waals surface area contributed by atoms with Gasteiger partial charge < -0.3 is 14.9 Å². The highest BCUT2D eigenvalue weighted by atomic mass is 19.1. The van der Waals surface area contributed by atoms with E-state index in [2.05, 4.69) is 28.7 Å². The standard InChI is InChI=1S/C26H28FN5O2/c1-28-22-10-9-19(15-21(22)27)24-23(18-7-5-17(16-33)6-8-18)25(34)31(4)26(29-24)32-13-11-20(12-14-32)30(2)3/h5-10,15,20,33H,11-14,16H2,2-4H3. The molecule has 0 atom stereocenters. The Morgan fingerprint density at radius 1 is 1.15 bits per heavy atom. The average Bonchev–Trinajstić information content (AvgIpc) is 2.85. The second kappa shape index (κ2) is 9.75. The zero-order chi connectivity index (χ0) is 24.4. The lowest BCUT2D eigenvalue weighted by atomic mass is 9.99. The summed E-state index contributed by atoms with van der Waals surface area (Å²) in [6, 6.07) is 11.8. The van der Waals surface area contributed by atoms with E-state index in [1.807, 2.05) is 0 Å². The van der Waals surface area contributed by atoms with E-state index in [1.165, 1.54) is 12.1 Å². The molecule has 2 aromatic carbocycles. The summed E-state index contributed by atoms with van der Waals surface area (Å²) in [7, 11) is 5.86. The van der Waals surface area contributed by atoms with Gasteiger partial charge in [0.05, 0.1) is 24.4 Å². The molecule has 1 saturated heterocycles. The van der Waals surface area contributed by atoms with Gasteiger partial charge in [-0.2, -0.15) is 0 Å². The number of anilines is 1. The van der Waals surface area contributed by atoms with Crippen LogP contribution < -0.4 is 10.5 Å². The lowest BCUT2D eigenvalue weighted by molar-refractivity contribution is 0.248. The van der Waals surface area contributed by atoms with Crippen molar-refractivity contribution in [1.82, 2.24) is 14.5 Å². The predicted molar refractivity (Wildman–Crippen MR) is 131 cm³/mol. The monoisotopic (exact) mass is 461 g/mol. The van der Waals surface area contributed by atoms with E-state index in [9.17, 15) is 14.3 Å². The van der Waals surface area contributed by atoms with Crippen LogP contribution in [-0.2, 0) is 13.7 Å². The second-order valence-electron chi connectivity index (χ2n) is 8.81. The van der Waals surface area contributed by atoms with E-state index >= 15 is 0 Å². The Bertz CT molecular complexity index is 1290. The molecule has 1 aliphatic heterocycles. The van der Waals surface area contributed by atoms with E-state index in [1.54, 1.807) is 41.9 Å². The lowest BCUT2D eigenvalue weighted by Crippen LogP contribution is -2.44. The highest BCUT2D eigenvalue weighted by Gasteiger charge is 2.26. The smallest absolute Gasteiger partial charge is 0.263 e. The van der Waals surface area contributed by atoms with Crippen LogP contribution in [0.2, 0.25) is 0 Å². The van der Waals surface area contributed by atoms with Crippen molar-refractivity contribution in [3.05, 3.63) is 75.6 Å². The first-order valence-electron chi connectivity index (χ1n) is 11.2. The molecule has 0 unspecified atom stereocenters. The fraction of sp³-hybridized carbons (Fsp3) is 0.346. The summed E-state index contributed by atoms with van der Waals surface area (Å²) in [6.07, 6.45) is 1.91. The van der Waals surface area contributed by atoms with Crippen molar-refractivity contribution < 1.29 is 9.50 Å². The average molecular weight is 462 g/mol. The summed E-state index contributed by atoms with van der Waals surface area (Å²) >= 11 is 0. The predicted octanol–water partition coefficient (Wildman–Crippen LogP) is 3.83. The molecule has 34 heavy (non-hydrogen) atoms. The maximum atomic E-state index is 14.6. The maximum absolute atomic E-state index is 14.6. The molecule has 4 rings (SSSR count). The van der Waals surface area contributed by atoms with E-state index in [0.29, 0.717) is 34.4 Å². The molecule has 1 fully saturated rings. The lowest BCUT2D eigenvalue weighted by Gasteiger charge is -2.36. The summed E-state index contributed by atoms with van der Waals surface area (Å²) in [6.45, 7) is 8.56. The number of rotatable bonds is 5. The first-order chi connectivity index (χ1) is 16.3. The molecule has 3 aromatic rings. The van der Waals surface area contributed by atoms with Crippen molar-refractivity contribution in [2.75, 3.05) is 32.1 Å². The minimum Gasteiger partial charge on any atom is -0.392 e. The summed E-state index contributed by atoms with van der Waals surface area (Å²) < 4.78 is 16.1. The van der Waals surface area contributed by atoms with E-state index < -0.39 is 5.82 Å². The number of aliphatic hydroxyl groups excluding tert-OH is 1. The molecule has 0 saturated carbocycles. The fourth-order valence-electron chi connectivity index (χ4n) is 4.45. The maximum Gasteiger partial charge on any atom is 0.263 e.